The van der Waals surface area contributed by atoms with Gasteiger partial charge >= 0.3 is 12.0 Å². The first-order valence-corrected chi connectivity index (χ1v) is 11.3. The number of amides is 3. The molecule has 0 aliphatic heterocycles. The van der Waals surface area contributed by atoms with Crippen LogP contribution in [0.1, 0.15) is 44.9 Å². The van der Waals surface area contributed by atoms with E-state index >= 15 is 0 Å². The highest BCUT2D eigenvalue weighted by Gasteiger charge is 2.50. The summed E-state index contributed by atoms with van der Waals surface area (Å²) in [6, 6.07) is -1.59. The van der Waals surface area contributed by atoms with Gasteiger partial charge in [-0.3, -0.25) is 4.79 Å². The van der Waals surface area contributed by atoms with E-state index in [-0.39, 0.29) is 17.9 Å². The maximum atomic E-state index is 12.2. The molecule has 4 aliphatic rings. The SMILES string of the molecule is CSCC[C@H](NC(N)=O)C(=O)OCC(=O)NCC12CC3CC(CC(C3)C1)C2. The summed E-state index contributed by atoms with van der Waals surface area (Å²) in [5.74, 6) is 2.29. The van der Waals surface area contributed by atoms with Crippen LogP contribution in [0.25, 0.3) is 0 Å². The largest absolute Gasteiger partial charge is 0.454 e. The first-order valence-electron chi connectivity index (χ1n) is 9.87. The summed E-state index contributed by atoms with van der Waals surface area (Å²) in [6.45, 7) is 0.365. The molecule has 0 aromatic heterocycles. The van der Waals surface area contributed by atoms with Gasteiger partial charge in [-0.05, 0) is 80.1 Å². The van der Waals surface area contributed by atoms with Crippen LogP contribution in [0.3, 0.4) is 0 Å². The molecule has 27 heavy (non-hydrogen) atoms. The minimum Gasteiger partial charge on any atom is -0.454 e. The zero-order chi connectivity index (χ0) is 19.4. The Morgan fingerprint density at radius 2 is 1.74 bits per heavy atom. The Labute approximate surface area is 164 Å². The fraction of sp³-hybridized carbons (Fsp3) is 0.842. The molecule has 4 aliphatic carbocycles. The summed E-state index contributed by atoms with van der Waals surface area (Å²) < 4.78 is 5.10. The second-order valence-electron chi connectivity index (χ2n) is 8.64. The number of ether oxygens (including phenoxy) is 1. The van der Waals surface area contributed by atoms with Crippen molar-refractivity contribution in [1.82, 2.24) is 10.6 Å². The van der Waals surface area contributed by atoms with Gasteiger partial charge in [0.2, 0.25) is 0 Å². The molecule has 152 valence electrons. The minimum absolute atomic E-state index is 0.253. The van der Waals surface area contributed by atoms with E-state index in [0.717, 1.165) is 17.8 Å². The van der Waals surface area contributed by atoms with E-state index < -0.39 is 18.0 Å². The molecular weight excluding hydrogens is 366 g/mol. The highest BCUT2D eigenvalue weighted by molar-refractivity contribution is 7.98. The van der Waals surface area contributed by atoms with Gasteiger partial charge < -0.3 is 21.1 Å². The number of esters is 1. The van der Waals surface area contributed by atoms with Gasteiger partial charge in [0.25, 0.3) is 5.91 Å². The smallest absolute Gasteiger partial charge is 0.329 e. The molecule has 4 saturated carbocycles. The average molecular weight is 398 g/mol. The molecule has 0 heterocycles. The Kier molecular flexibility index (Phi) is 6.55. The first-order chi connectivity index (χ1) is 12.9. The Balaban J connectivity index is 1.42. The van der Waals surface area contributed by atoms with Gasteiger partial charge in [0.05, 0.1) is 0 Å². The van der Waals surface area contributed by atoms with Crippen molar-refractivity contribution in [2.45, 2.75) is 51.0 Å². The van der Waals surface area contributed by atoms with Crippen molar-refractivity contribution < 1.29 is 19.1 Å². The number of nitrogens with two attached hydrogens (primary N) is 1. The monoisotopic (exact) mass is 397 g/mol. The lowest BCUT2D eigenvalue weighted by Crippen LogP contribution is -2.51. The zero-order valence-corrected chi connectivity index (χ0v) is 16.8. The Morgan fingerprint density at radius 1 is 1.15 bits per heavy atom. The zero-order valence-electron chi connectivity index (χ0n) is 16.0. The molecular formula is C19H31N3O4S. The van der Waals surface area contributed by atoms with Crippen molar-refractivity contribution in [2.24, 2.45) is 28.9 Å². The molecule has 7 nitrogen and oxygen atoms in total. The van der Waals surface area contributed by atoms with E-state index in [4.69, 9.17) is 10.5 Å². The molecule has 0 radical (unpaired) electrons. The van der Waals surface area contributed by atoms with Crippen molar-refractivity contribution in [3.05, 3.63) is 0 Å². The van der Waals surface area contributed by atoms with Gasteiger partial charge in [-0.1, -0.05) is 0 Å². The van der Waals surface area contributed by atoms with Crippen molar-refractivity contribution in [3.63, 3.8) is 0 Å². The highest BCUT2D eigenvalue weighted by atomic mass is 32.2. The quantitative estimate of drug-likeness (QED) is 0.513. The second-order valence-corrected chi connectivity index (χ2v) is 9.63. The Hall–Kier alpha value is -1.44. The molecule has 8 heteroatoms. The van der Waals surface area contributed by atoms with Crippen LogP contribution in [0.2, 0.25) is 0 Å². The molecule has 0 saturated heterocycles. The molecule has 4 bridgehead atoms. The highest BCUT2D eigenvalue weighted by Crippen LogP contribution is 2.59. The number of thioether (sulfide) groups is 1. The summed E-state index contributed by atoms with van der Waals surface area (Å²) in [4.78, 5) is 35.4. The molecule has 4 N–H and O–H groups in total. The van der Waals surface area contributed by atoms with Crippen LogP contribution in [0.4, 0.5) is 4.79 Å². The van der Waals surface area contributed by atoms with Crippen molar-refractivity contribution in [3.8, 4) is 0 Å². The van der Waals surface area contributed by atoms with Gasteiger partial charge in [-0.25, -0.2) is 9.59 Å². The lowest BCUT2D eigenvalue weighted by Gasteiger charge is -2.56. The average Bonchev–Trinajstić information content (AvgIpc) is 2.60. The van der Waals surface area contributed by atoms with Crippen molar-refractivity contribution in [1.29, 1.82) is 0 Å². The third kappa shape index (κ3) is 5.30. The van der Waals surface area contributed by atoms with E-state index in [1.165, 1.54) is 38.5 Å². The van der Waals surface area contributed by atoms with Gasteiger partial charge in [0, 0.05) is 6.54 Å². The molecule has 0 aromatic carbocycles. The number of urea groups is 1. The van der Waals surface area contributed by atoms with Gasteiger partial charge in [-0.2, -0.15) is 11.8 Å². The number of hydrogen-bond donors (Lipinski definition) is 3. The predicted octanol–water partition coefficient (Wildman–Crippen LogP) is 1.65. The van der Waals surface area contributed by atoms with Crippen LogP contribution < -0.4 is 16.4 Å². The lowest BCUT2D eigenvalue weighted by atomic mass is 9.49. The summed E-state index contributed by atoms with van der Waals surface area (Å²) >= 11 is 1.55. The molecule has 4 fully saturated rings. The summed E-state index contributed by atoms with van der Waals surface area (Å²) in [5.41, 5.74) is 5.36. The number of rotatable bonds is 9. The van der Waals surface area contributed by atoms with Crippen molar-refractivity contribution in [2.75, 3.05) is 25.2 Å². The van der Waals surface area contributed by atoms with Crippen molar-refractivity contribution >= 4 is 29.7 Å². The van der Waals surface area contributed by atoms with E-state index in [9.17, 15) is 14.4 Å². The van der Waals surface area contributed by atoms with Gasteiger partial charge in [-0.15, -0.1) is 0 Å². The molecule has 0 unspecified atom stereocenters. The van der Waals surface area contributed by atoms with E-state index in [1.807, 2.05) is 6.26 Å². The fourth-order valence-electron chi connectivity index (χ4n) is 5.74. The number of primary amides is 1. The Bertz CT molecular complexity index is 548. The molecule has 4 rings (SSSR count). The maximum absolute atomic E-state index is 12.2. The number of nitrogens with one attached hydrogen (secondary N) is 2. The third-order valence-electron chi connectivity index (χ3n) is 6.38. The van der Waals surface area contributed by atoms with Crippen LogP contribution in [-0.4, -0.2) is 49.1 Å². The second kappa shape index (κ2) is 8.71. The fourth-order valence-corrected chi connectivity index (χ4v) is 6.21. The molecule has 0 aromatic rings. The topological polar surface area (TPSA) is 111 Å². The van der Waals surface area contributed by atoms with Crippen LogP contribution in [0.15, 0.2) is 0 Å². The number of carbonyl (C=O) groups excluding carboxylic acids is 3. The lowest BCUT2D eigenvalue weighted by molar-refractivity contribution is -0.150. The van der Waals surface area contributed by atoms with E-state index in [0.29, 0.717) is 18.7 Å². The van der Waals surface area contributed by atoms with Crippen LogP contribution in [0, 0.1) is 23.2 Å². The van der Waals surface area contributed by atoms with Gasteiger partial charge in [0.15, 0.2) is 6.61 Å². The first kappa shape index (κ1) is 20.3. The third-order valence-corrected chi connectivity index (χ3v) is 7.03. The Morgan fingerprint density at radius 3 is 2.26 bits per heavy atom. The molecule has 3 amide bonds. The summed E-state index contributed by atoms with van der Waals surface area (Å²) in [6.07, 6.45) is 10.1. The minimum atomic E-state index is -0.814. The standard InChI is InChI=1S/C19H31N3O4S/c1-27-3-2-15(22-18(20)25)17(24)26-10-16(23)21-11-19-7-12-4-13(8-19)6-14(5-12)9-19/h12-15H,2-11H2,1H3,(H,21,23)(H3,20,22,25)/t12?,13?,14?,15-,19?/m0/s1. The van der Waals surface area contributed by atoms with Crippen LogP contribution in [0.5, 0.6) is 0 Å². The predicted molar refractivity (Wildman–Crippen MR) is 104 cm³/mol. The maximum Gasteiger partial charge on any atom is 0.329 e. The van der Waals surface area contributed by atoms with Gasteiger partial charge in [0.1, 0.15) is 6.04 Å². The van der Waals surface area contributed by atoms with E-state index in [2.05, 4.69) is 10.6 Å². The summed E-state index contributed by atoms with van der Waals surface area (Å²) in [5, 5.41) is 5.36. The van der Waals surface area contributed by atoms with Crippen LogP contribution >= 0.6 is 11.8 Å². The van der Waals surface area contributed by atoms with Crippen LogP contribution in [-0.2, 0) is 14.3 Å². The summed E-state index contributed by atoms with van der Waals surface area (Å²) in [7, 11) is 0. The number of hydrogen-bond acceptors (Lipinski definition) is 5. The molecule has 0 spiro atoms. The normalized spacial score (nSPS) is 32.0. The van der Waals surface area contributed by atoms with E-state index in [1.54, 1.807) is 11.8 Å². The number of carbonyl (C=O) groups is 3. The molecule has 1 atom stereocenters.